The van der Waals surface area contributed by atoms with Gasteiger partial charge >= 0.3 is 0 Å². The highest BCUT2D eigenvalue weighted by atomic mass is 32.1. The van der Waals surface area contributed by atoms with Gasteiger partial charge in [0.15, 0.2) is 0 Å². The van der Waals surface area contributed by atoms with Crippen molar-refractivity contribution in [2.75, 3.05) is 0 Å². The third kappa shape index (κ3) is 3.81. The summed E-state index contributed by atoms with van der Waals surface area (Å²) < 4.78 is 5.65. The molecule has 0 saturated heterocycles. The molecule has 0 spiro atoms. The van der Waals surface area contributed by atoms with Crippen molar-refractivity contribution in [3.05, 3.63) is 45.4 Å². The monoisotopic (exact) mass is 291 g/mol. The first-order valence-corrected chi connectivity index (χ1v) is 7.65. The van der Waals surface area contributed by atoms with E-state index in [2.05, 4.69) is 11.9 Å². The predicted octanol–water partition coefficient (Wildman–Crippen LogP) is 3.82. The molecule has 0 radical (unpaired) electrons. The number of aryl methyl sites for hydroxylation is 2. The fourth-order valence-corrected chi connectivity index (χ4v) is 2.95. The molecule has 4 heteroatoms. The van der Waals surface area contributed by atoms with Crippen molar-refractivity contribution in [3.8, 4) is 5.75 Å². The summed E-state index contributed by atoms with van der Waals surface area (Å²) in [6.07, 6.45) is 0.132. The quantitative estimate of drug-likeness (QED) is 0.910. The van der Waals surface area contributed by atoms with Gasteiger partial charge in [-0.1, -0.05) is 12.1 Å². The largest absolute Gasteiger partial charge is 0.491 e. The highest BCUT2D eigenvalue weighted by molar-refractivity contribution is 7.11. The van der Waals surface area contributed by atoms with Crippen LogP contribution >= 0.6 is 11.3 Å². The molecule has 0 aliphatic heterocycles. The summed E-state index contributed by atoms with van der Waals surface area (Å²) in [4.78, 5) is 5.69. The zero-order valence-corrected chi connectivity index (χ0v) is 13.2. The van der Waals surface area contributed by atoms with Crippen molar-refractivity contribution >= 4 is 11.3 Å². The van der Waals surface area contributed by atoms with Gasteiger partial charge in [0.1, 0.15) is 5.75 Å². The van der Waals surface area contributed by atoms with Crippen LogP contribution in [0.15, 0.2) is 24.3 Å². The highest BCUT2D eigenvalue weighted by Crippen LogP contribution is 2.25. The maximum atomic E-state index is 10.3. The van der Waals surface area contributed by atoms with Crippen LogP contribution in [0.2, 0.25) is 0 Å². The second kappa shape index (κ2) is 6.37. The van der Waals surface area contributed by atoms with Crippen LogP contribution in [0.1, 0.15) is 41.1 Å². The van der Waals surface area contributed by atoms with Crippen LogP contribution in [0, 0.1) is 13.8 Å². The predicted molar refractivity (Wildman–Crippen MR) is 82.5 cm³/mol. The Labute approximate surface area is 124 Å². The molecule has 1 aromatic heterocycles. The highest BCUT2D eigenvalue weighted by Gasteiger charge is 2.13. The topological polar surface area (TPSA) is 42.4 Å². The van der Waals surface area contributed by atoms with Gasteiger partial charge in [0, 0.05) is 11.3 Å². The van der Waals surface area contributed by atoms with Gasteiger partial charge in [0.2, 0.25) is 0 Å². The zero-order valence-electron chi connectivity index (χ0n) is 12.4. The van der Waals surface area contributed by atoms with E-state index in [-0.39, 0.29) is 6.10 Å². The summed E-state index contributed by atoms with van der Waals surface area (Å²) in [6, 6.07) is 7.64. The summed E-state index contributed by atoms with van der Waals surface area (Å²) in [5, 5.41) is 11.3. The smallest absolute Gasteiger partial charge is 0.120 e. The molecular weight excluding hydrogens is 270 g/mol. The molecule has 0 bridgehead atoms. The van der Waals surface area contributed by atoms with E-state index < -0.39 is 6.10 Å². The van der Waals surface area contributed by atoms with Crippen LogP contribution in [0.3, 0.4) is 0 Å². The van der Waals surface area contributed by atoms with Gasteiger partial charge in [-0.15, -0.1) is 11.3 Å². The van der Waals surface area contributed by atoms with Crippen LogP contribution in [0.5, 0.6) is 5.75 Å². The molecule has 108 valence electrons. The van der Waals surface area contributed by atoms with Crippen molar-refractivity contribution in [1.82, 2.24) is 4.98 Å². The first-order chi connectivity index (χ1) is 9.45. The second-order valence-corrected chi connectivity index (χ2v) is 6.50. The van der Waals surface area contributed by atoms with Crippen molar-refractivity contribution in [1.29, 1.82) is 0 Å². The molecule has 0 saturated carbocycles. The van der Waals surface area contributed by atoms with E-state index in [0.717, 1.165) is 22.0 Å². The Morgan fingerprint density at radius 2 is 2.05 bits per heavy atom. The molecule has 0 amide bonds. The molecule has 20 heavy (non-hydrogen) atoms. The third-order valence-electron chi connectivity index (χ3n) is 3.06. The maximum absolute atomic E-state index is 10.3. The normalized spacial score (nSPS) is 12.7. The Bertz CT molecular complexity index is 558. The molecule has 2 rings (SSSR count). The molecule has 2 aromatic rings. The molecule has 1 atom stereocenters. The Hall–Kier alpha value is -1.39. The van der Waals surface area contributed by atoms with E-state index >= 15 is 0 Å². The lowest BCUT2D eigenvalue weighted by Crippen LogP contribution is -2.07. The zero-order chi connectivity index (χ0) is 14.7. The number of benzene rings is 1. The number of aliphatic hydroxyl groups is 1. The fourth-order valence-electron chi connectivity index (χ4n) is 1.98. The first kappa shape index (κ1) is 15.0. The molecule has 0 aliphatic carbocycles. The number of nitrogens with zero attached hydrogens (tertiary/aromatic N) is 1. The summed E-state index contributed by atoms with van der Waals surface area (Å²) in [7, 11) is 0. The molecule has 0 fully saturated rings. The standard InChI is InChI=1S/C16H21NO2S/c1-10(2)19-14-7-5-6-13(8-14)15(18)9-16-17-11(3)12(4)20-16/h5-8,10,15,18H,9H2,1-4H3. The molecule has 1 unspecified atom stereocenters. The van der Waals surface area contributed by atoms with E-state index in [4.69, 9.17) is 4.74 Å². The van der Waals surface area contributed by atoms with Crippen molar-refractivity contribution in [3.63, 3.8) is 0 Å². The van der Waals surface area contributed by atoms with Crippen LogP contribution in [0.25, 0.3) is 0 Å². The van der Waals surface area contributed by atoms with Crippen LogP contribution in [-0.4, -0.2) is 16.2 Å². The molecule has 1 N–H and O–H groups in total. The third-order valence-corrected chi connectivity index (χ3v) is 4.15. The number of ether oxygens (including phenoxy) is 1. The Morgan fingerprint density at radius 1 is 1.30 bits per heavy atom. The number of hydrogen-bond donors (Lipinski definition) is 1. The van der Waals surface area contributed by atoms with E-state index in [9.17, 15) is 5.11 Å². The van der Waals surface area contributed by atoms with Gasteiger partial charge < -0.3 is 9.84 Å². The van der Waals surface area contributed by atoms with Crippen molar-refractivity contribution < 1.29 is 9.84 Å². The Balaban J connectivity index is 2.10. The van der Waals surface area contributed by atoms with E-state index in [1.807, 2.05) is 45.0 Å². The molecule has 1 heterocycles. The van der Waals surface area contributed by atoms with E-state index in [1.54, 1.807) is 11.3 Å². The molecule has 0 aliphatic rings. The lowest BCUT2D eigenvalue weighted by molar-refractivity contribution is 0.177. The van der Waals surface area contributed by atoms with Gasteiger partial charge in [0.05, 0.1) is 22.9 Å². The number of aliphatic hydroxyl groups excluding tert-OH is 1. The summed E-state index contributed by atoms with van der Waals surface area (Å²) in [6.45, 7) is 8.03. The number of thiazole rings is 1. The SMILES string of the molecule is Cc1nc(CC(O)c2cccc(OC(C)C)c2)sc1C. The summed E-state index contributed by atoms with van der Waals surface area (Å²) in [5.74, 6) is 0.794. The van der Waals surface area contributed by atoms with Gasteiger partial charge in [0.25, 0.3) is 0 Å². The second-order valence-electron chi connectivity index (χ2n) is 5.21. The number of hydrogen-bond acceptors (Lipinski definition) is 4. The van der Waals surface area contributed by atoms with Crippen molar-refractivity contribution in [2.24, 2.45) is 0 Å². The summed E-state index contributed by atoms with van der Waals surface area (Å²) >= 11 is 1.65. The average Bonchev–Trinajstić information content (AvgIpc) is 2.67. The van der Waals surface area contributed by atoms with Gasteiger partial charge in [-0.3, -0.25) is 0 Å². The Kier molecular flexibility index (Phi) is 4.78. The van der Waals surface area contributed by atoms with Gasteiger partial charge in [-0.05, 0) is 45.4 Å². The Morgan fingerprint density at radius 3 is 2.65 bits per heavy atom. The van der Waals surface area contributed by atoms with Gasteiger partial charge in [-0.25, -0.2) is 4.98 Å². The minimum Gasteiger partial charge on any atom is -0.491 e. The molecule has 1 aromatic carbocycles. The lowest BCUT2D eigenvalue weighted by Gasteiger charge is -2.13. The van der Waals surface area contributed by atoms with E-state index in [1.165, 1.54) is 4.88 Å². The van der Waals surface area contributed by atoms with E-state index in [0.29, 0.717) is 6.42 Å². The number of rotatable bonds is 5. The number of aromatic nitrogens is 1. The molecular formula is C16H21NO2S. The van der Waals surface area contributed by atoms with Crippen LogP contribution < -0.4 is 4.74 Å². The average molecular weight is 291 g/mol. The van der Waals surface area contributed by atoms with Gasteiger partial charge in [-0.2, -0.15) is 0 Å². The van der Waals surface area contributed by atoms with Crippen LogP contribution in [-0.2, 0) is 6.42 Å². The summed E-state index contributed by atoms with van der Waals surface area (Å²) in [5.41, 5.74) is 1.92. The maximum Gasteiger partial charge on any atom is 0.120 e. The van der Waals surface area contributed by atoms with Crippen LogP contribution in [0.4, 0.5) is 0 Å². The molecule has 3 nitrogen and oxygen atoms in total. The lowest BCUT2D eigenvalue weighted by atomic mass is 10.1. The first-order valence-electron chi connectivity index (χ1n) is 6.83. The minimum atomic E-state index is -0.546. The minimum absolute atomic E-state index is 0.131. The fraction of sp³-hybridized carbons (Fsp3) is 0.438. The van der Waals surface area contributed by atoms with Crippen molar-refractivity contribution in [2.45, 2.75) is 46.3 Å².